The number of hydrogen-bond donors (Lipinski definition) is 1. The summed E-state index contributed by atoms with van der Waals surface area (Å²) in [4.78, 5) is 34.4. The Morgan fingerprint density at radius 2 is 2.33 bits per heavy atom. The summed E-state index contributed by atoms with van der Waals surface area (Å²) in [7, 11) is 0. The zero-order valence-corrected chi connectivity index (χ0v) is 14.6. The van der Waals surface area contributed by atoms with E-state index < -0.39 is 0 Å². The molecule has 2 aliphatic heterocycles. The summed E-state index contributed by atoms with van der Waals surface area (Å²) in [5.74, 6) is 0.683. The van der Waals surface area contributed by atoms with Gasteiger partial charge in [-0.2, -0.15) is 0 Å². The maximum Gasteiger partial charge on any atom is 0.337 e. The fourth-order valence-corrected chi connectivity index (χ4v) is 3.64. The molecule has 1 saturated heterocycles. The standard InChI is InChI=1S/C16H20N4O3S/c1-3-23-16(22)12-8-19-14(15-17-4-5-24-15)20-9-11(6-13(12)20)7-18-10(2)21/h4-5,11H,3,6-9H2,1-2H3,(H,18,21). The molecule has 1 amide bonds. The average Bonchev–Trinajstić information content (AvgIpc) is 3.21. The summed E-state index contributed by atoms with van der Waals surface area (Å²) in [6.07, 6.45) is 2.47. The van der Waals surface area contributed by atoms with Gasteiger partial charge < -0.3 is 15.0 Å². The van der Waals surface area contributed by atoms with Crippen LogP contribution < -0.4 is 5.32 Å². The highest BCUT2D eigenvalue weighted by atomic mass is 32.1. The van der Waals surface area contributed by atoms with E-state index in [1.165, 1.54) is 18.3 Å². The van der Waals surface area contributed by atoms with Crippen LogP contribution in [0.2, 0.25) is 0 Å². The highest BCUT2D eigenvalue weighted by molar-refractivity contribution is 7.11. The molecule has 3 rings (SSSR count). The van der Waals surface area contributed by atoms with Gasteiger partial charge >= 0.3 is 5.97 Å². The molecule has 2 aliphatic rings. The van der Waals surface area contributed by atoms with Gasteiger partial charge in [0, 0.05) is 37.3 Å². The Bertz CT molecular complexity index is 696. The quantitative estimate of drug-likeness (QED) is 0.808. The number of carbonyl (C=O) groups excluding carboxylic acids is 2. The summed E-state index contributed by atoms with van der Waals surface area (Å²) in [5, 5.41) is 5.61. The van der Waals surface area contributed by atoms with Gasteiger partial charge in [-0.15, -0.1) is 11.3 Å². The first-order valence-corrected chi connectivity index (χ1v) is 8.83. The third-order valence-corrected chi connectivity index (χ3v) is 4.79. The van der Waals surface area contributed by atoms with Gasteiger partial charge in [0.15, 0.2) is 10.8 Å². The van der Waals surface area contributed by atoms with E-state index in [9.17, 15) is 9.59 Å². The molecular weight excluding hydrogens is 328 g/mol. The van der Waals surface area contributed by atoms with Crippen LogP contribution in [0, 0.1) is 5.92 Å². The van der Waals surface area contributed by atoms with Crippen LogP contribution in [0.1, 0.15) is 25.3 Å². The van der Waals surface area contributed by atoms with Gasteiger partial charge in [-0.25, -0.2) is 9.78 Å². The number of allylic oxidation sites excluding steroid dienone is 1. The smallest absolute Gasteiger partial charge is 0.337 e. The summed E-state index contributed by atoms with van der Waals surface area (Å²) >= 11 is 1.53. The minimum atomic E-state index is -0.306. The molecule has 24 heavy (non-hydrogen) atoms. The van der Waals surface area contributed by atoms with E-state index in [0.717, 1.165) is 23.0 Å². The number of aromatic nitrogens is 1. The Labute approximate surface area is 144 Å². The summed E-state index contributed by atoms with van der Waals surface area (Å²) < 4.78 is 5.17. The SMILES string of the molecule is CCOC(=O)C1=C2CC(CNC(C)=O)CN2C(c2nccs2)=NC1. The van der Waals surface area contributed by atoms with E-state index in [0.29, 0.717) is 31.8 Å². The second-order valence-electron chi connectivity index (χ2n) is 5.74. The molecule has 1 aromatic rings. The van der Waals surface area contributed by atoms with Crippen LogP contribution in [0.4, 0.5) is 0 Å². The summed E-state index contributed by atoms with van der Waals surface area (Å²) in [6.45, 7) is 5.24. The average molecular weight is 348 g/mol. The number of carbonyl (C=O) groups is 2. The summed E-state index contributed by atoms with van der Waals surface area (Å²) in [6, 6.07) is 0. The highest BCUT2D eigenvalue weighted by Gasteiger charge is 2.37. The molecule has 0 bridgehead atoms. The Morgan fingerprint density at radius 3 is 3.00 bits per heavy atom. The molecule has 0 aromatic carbocycles. The predicted octanol–water partition coefficient (Wildman–Crippen LogP) is 1.18. The number of hydrogen-bond acceptors (Lipinski definition) is 7. The van der Waals surface area contributed by atoms with Crippen molar-refractivity contribution in [3.8, 4) is 0 Å². The van der Waals surface area contributed by atoms with E-state index in [-0.39, 0.29) is 17.8 Å². The Balaban J connectivity index is 1.86. The lowest BCUT2D eigenvalue weighted by atomic mass is 10.0. The minimum Gasteiger partial charge on any atom is -0.463 e. The number of nitrogens with one attached hydrogen (secondary N) is 1. The molecule has 0 saturated carbocycles. The van der Waals surface area contributed by atoms with Crippen LogP contribution in [0.3, 0.4) is 0 Å². The van der Waals surface area contributed by atoms with Gasteiger partial charge in [-0.3, -0.25) is 9.79 Å². The molecule has 0 aliphatic carbocycles. The zero-order chi connectivity index (χ0) is 17.1. The lowest BCUT2D eigenvalue weighted by Crippen LogP contribution is -2.35. The molecule has 128 valence electrons. The van der Waals surface area contributed by atoms with Crippen molar-refractivity contribution in [2.24, 2.45) is 10.9 Å². The van der Waals surface area contributed by atoms with Crippen molar-refractivity contribution in [1.29, 1.82) is 0 Å². The Hall–Kier alpha value is -2.22. The first-order valence-electron chi connectivity index (χ1n) is 7.95. The molecule has 0 spiro atoms. The lowest BCUT2D eigenvalue weighted by molar-refractivity contribution is -0.138. The van der Waals surface area contributed by atoms with E-state index in [1.807, 2.05) is 5.38 Å². The number of thiazole rings is 1. The molecule has 1 aromatic heterocycles. The molecule has 7 nitrogen and oxygen atoms in total. The van der Waals surface area contributed by atoms with E-state index in [1.54, 1.807) is 13.1 Å². The number of esters is 1. The molecule has 1 N–H and O–H groups in total. The lowest BCUT2D eigenvalue weighted by Gasteiger charge is -2.26. The highest BCUT2D eigenvalue weighted by Crippen LogP contribution is 2.34. The van der Waals surface area contributed by atoms with Gasteiger partial charge in [-0.05, 0) is 19.3 Å². The van der Waals surface area contributed by atoms with Gasteiger partial charge in [0.2, 0.25) is 5.91 Å². The van der Waals surface area contributed by atoms with Gasteiger partial charge in [-0.1, -0.05) is 0 Å². The molecule has 3 heterocycles. The fourth-order valence-electron chi connectivity index (χ4n) is 2.99. The van der Waals surface area contributed by atoms with Crippen molar-refractivity contribution in [2.45, 2.75) is 20.3 Å². The number of rotatable bonds is 5. The number of aliphatic imine (C=N–C) groups is 1. The molecule has 0 radical (unpaired) electrons. The van der Waals surface area contributed by atoms with Crippen molar-refractivity contribution in [1.82, 2.24) is 15.2 Å². The van der Waals surface area contributed by atoms with Crippen LogP contribution in [-0.2, 0) is 14.3 Å². The second-order valence-corrected chi connectivity index (χ2v) is 6.64. The van der Waals surface area contributed by atoms with Crippen molar-refractivity contribution >= 4 is 29.0 Å². The predicted molar refractivity (Wildman–Crippen MR) is 90.7 cm³/mol. The van der Waals surface area contributed by atoms with Crippen molar-refractivity contribution in [3.63, 3.8) is 0 Å². The molecular formula is C16H20N4O3S. The first kappa shape index (κ1) is 16.6. The Morgan fingerprint density at radius 1 is 1.50 bits per heavy atom. The van der Waals surface area contributed by atoms with Crippen LogP contribution in [0.15, 0.2) is 27.8 Å². The number of amidine groups is 1. The fraction of sp³-hybridized carbons (Fsp3) is 0.500. The van der Waals surface area contributed by atoms with E-state index in [4.69, 9.17) is 4.74 Å². The normalized spacial score (nSPS) is 19.8. The molecule has 1 fully saturated rings. The molecule has 1 atom stereocenters. The largest absolute Gasteiger partial charge is 0.463 e. The number of amides is 1. The van der Waals surface area contributed by atoms with Crippen LogP contribution >= 0.6 is 11.3 Å². The van der Waals surface area contributed by atoms with Crippen molar-refractivity contribution in [2.75, 3.05) is 26.2 Å². The monoisotopic (exact) mass is 348 g/mol. The third kappa shape index (κ3) is 3.33. The van der Waals surface area contributed by atoms with Gasteiger partial charge in [0.25, 0.3) is 0 Å². The number of nitrogens with zero attached hydrogens (tertiary/aromatic N) is 3. The minimum absolute atomic E-state index is 0.0479. The van der Waals surface area contributed by atoms with Crippen molar-refractivity contribution in [3.05, 3.63) is 27.9 Å². The second kappa shape index (κ2) is 7.12. The van der Waals surface area contributed by atoms with Crippen molar-refractivity contribution < 1.29 is 14.3 Å². The Kier molecular flexibility index (Phi) is 4.94. The van der Waals surface area contributed by atoms with Gasteiger partial charge in [0.05, 0.1) is 18.7 Å². The van der Waals surface area contributed by atoms with E-state index >= 15 is 0 Å². The van der Waals surface area contributed by atoms with Crippen LogP contribution in [0.25, 0.3) is 0 Å². The topological polar surface area (TPSA) is 83.9 Å². The zero-order valence-electron chi connectivity index (χ0n) is 13.7. The third-order valence-electron chi connectivity index (χ3n) is 4.02. The number of fused-ring (bicyclic) bond motifs is 1. The van der Waals surface area contributed by atoms with E-state index in [2.05, 4.69) is 20.2 Å². The maximum absolute atomic E-state index is 12.2. The molecule has 1 unspecified atom stereocenters. The first-order chi connectivity index (χ1) is 11.6. The molecule has 8 heteroatoms. The maximum atomic E-state index is 12.2. The van der Waals surface area contributed by atoms with Gasteiger partial charge in [0.1, 0.15) is 0 Å². The number of ether oxygens (including phenoxy) is 1. The summed E-state index contributed by atoms with van der Waals surface area (Å²) in [5.41, 5.74) is 1.56. The van der Waals surface area contributed by atoms with Crippen LogP contribution in [0.5, 0.6) is 0 Å². The van der Waals surface area contributed by atoms with Crippen LogP contribution in [-0.4, -0.2) is 53.8 Å².